The molecule has 1 aromatic heterocycles. The Kier molecular flexibility index (Phi) is 4.27. The number of nitrogen functional groups attached to an aromatic ring is 1. The first-order valence-electron chi connectivity index (χ1n) is 8.89. The van der Waals surface area contributed by atoms with Gasteiger partial charge in [0.15, 0.2) is 11.6 Å². The molecule has 2 aliphatic rings. The molecule has 0 unspecified atom stereocenters. The van der Waals surface area contributed by atoms with Crippen molar-refractivity contribution < 1.29 is 23.4 Å². The third-order valence-electron chi connectivity index (χ3n) is 5.60. The van der Waals surface area contributed by atoms with Crippen LogP contribution < -0.4 is 21.8 Å². The number of nitrogens with two attached hydrogens (primary N) is 2. The third kappa shape index (κ3) is 2.55. The normalized spacial score (nSPS) is 22.6. The smallest absolute Gasteiger partial charge is 0.341 e. The zero-order chi connectivity index (χ0) is 20.3. The van der Waals surface area contributed by atoms with Crippen molar-refractivity contribution in [2.45, 2.75) is 19.0 Å². The molecule has 2 saturated heterocycles. The monoisotopic (exact) mass is 394 g/mol. The predicted molar refractivity (Wildman–Crippen MR) is 98.7 cm³/mol. The topological polar surface area (TPSA) is 124 Å². The van der Waals surface area contributed by atoms with Crippen molar-refractivity contribution in [1.82, 2.24) is 4.57 Å². The minimum atomic E-state index is -1.50. The van der Waals surface area contributed by atoms with Crippen LogP contribution in [0.5, 0.6) is 0 Å². The molecule has 4 rings (SSSR count). The number of ether oxygens (including phenoxy) is 1. The van der Waals surface area contributed by atoms with Gasteiger partial charge in [-0.15, -0.1) is 0 Å². The van der Waals surface area contributed by atoms with Gasteiger partial charge in [-0.2, -0.15) is 0 Å². The Balaban J connectivity index is 2.06. The number of nitrogens with zero attached hydrogens (tertiary/aromatic N) is 2. The summed E-state index contributed by atoms with van der Waals surface area (Å²) in [5.41, 5.74) is 9.12. The van der Waals surface area contributed by atoms with Crippen LogP contribution in [-0.4, -0.2) is 48.0 Å². The maximum atomic E-state index is 15.6. The zero-order valence-electron chi connectivity index (χ0n) is 15.1. The van der Waals surface area contributed by atoms with Crippen LogP contribution in [0.15, 0.2) is 11.0 Å². The van der Waals surface area contributed by atoms with E-state index in [1.165, 1.54) is 9.47 Å². The minimum Gasteiger partial charge on any atom is -0.477 e. The van der Waals surface area contributed by atoms with E-state index >= 15 is 8.78 Å². The third-order valence-corrected chi connectivity index (χ3v) is 5.60. The van der Waals surface area contributed by atoms with Gasteiger partial charge in [-0.05, 0) is 5.92 Å². The summed E-state index contributed by atoms with van der Waals surface area (Å²) in [6.07, 6.45) is 1.07. The molecule has 3 heterocycles. The number of anilines is 2. The highest BCUT2D eigenvalue weighted by Crippen LogP contribution is 2.38. The molecule has 0 saturated carbocycles. The molecule has 5 N–H and O–H groups in total. The van der Waals surface area contributed by atoms with E-state index in [4.69, 9.17) is 16.2 Å². The molecule has 28 heavy (non-hydrogen) atoms. The van der Waals surface area contributed by atoms with Crippen LogP contribution >= 0.6 is 0 Å². The van der Waals surface area contributed by atoms with Crippen LogP contribution in [0.2, 0.25) is 0 Å². The molecule has 2 atom stereocenters. The Morgan fingerprint density at radius 2 is 1.96 bits per heavy atom. The van der Waals surface area contributed by atoms with E-state index in [1.54, 1.807) is 0 Å². The largest absolute Gasteiger partial charge is 0.477 e. The number of carboxylic acid groups (broad SMARTS) is 1. The van der Waals surface area contributed by atoms with Gasteiger partial charge in [-0.1, -0.05) is 6.92 Å². The molecule has 0 spiro atoms. The standard InChI is InChI=1S/C18H20F2N4O4/c1-7-2-23(4-10(7)21)16-12(19)14(22)11-15(13(16)20)24(8-5-28-6-8)3-9(17(11)25)18(26)27/h3,7-8,10H,2,4-6,21-22H2,1H3,(H,26,27)/t7-,10+/m0/s1. The summed E-state index contributed by atoms with van der Waals surface area (Å²) in [7, 11) is 0. The van der Waals surface area contributed by atoms with Gasteiger partial charge in [-0.3, -0.25) is 4.79 Å². The Labute approximate surface area is 158 Å². The first-order chi connectivity index (χ1) is 13.2. The van der Waals surface area contributed by atoms with Gasteiger partial charge in [0.1, 0.15) is 11.3 Å². The minimum absolute atomic E-state index is 0.0207. The second kappa shape index (κ2) is 6.42. The molecule has 8 nitrogen and oxygen atoms in total. The second-order valence-electron chi connectivity index (χ2n) is 7.44. The number of hydrogen-bond acceptors (Lipinski definition) is 6. The fraction of sp³-hybridized carbons (Fsp3) is 0.444. The quantitative estimate of drug-likeness (QED) is 0.661. The van der Waals surface area contributed by atoms with E-state index in [1.807, 2.05) is 6.92 Å². The lowest BCUT2D eigenvalue weighted by molar-refractivity contribution is -0.0219. The van der Waals surface area contributed by atoms with Gasteiger partial charge in [0.2, 0.25) is 5.43 Å². The van der Waals surface area contributed by atoms with Crippen molar-refractivity contribution in [2.24, 2.45) is 11.7 Å². The van der Waals surface area contributed by atoms with Gasteiger partial charge >= 0.3 is 5.97 Å². The Morgan fingerprint density at radius 3 is 2.46 bits per heavy atom. The molecule has 150 valence electrons. The number of hydrogen-bond donors (Lipinski definition) is 3. The van der Waals surface area contributed by atoms with Crippen molar-refractivity contribution >= 4 is 28.2 Å². The van der Waals surface area contributed by atoms with E-state index < -0.39 is 39.7 Å². The van der Waals surface area contributed by atoms with Crippen LogP contribution in [-0.2, 0) is 4.74 Å². The molecule has 2 aliphatic heterocycles. The Bertz CT molecular complexity index is 1040. The van der Waals surface area contributed by atoms with E-state index in [0.29, 0.717) is 6.54 Å². The molecule has 10 heteroatoms. The first-order valence-corrected chi connectivity index (χ1v) is 8.89. The predicted octanol–water partition coefficient (Wildman–Crippen LogP) is 0.915. The number of halogens is 2. The summed E-state index contributed by atoms with van der Waals surface area (Å²) in [4.78, 5) is 25.6. The lowest BCUT2D eigenvalue weighted by Crippen LogP contribution is -2.34. The van der Waals surface area contributed by atoms with Crippen molar-refractivity contribution in [3.05, 3.63) is 33.6 Å². The summed E-state index contributed by atoms with van der Waals surface area (Å²) < 4.78 is 37.1. The number of pyridine rings is 1. The number of carboxylic acids is 1. The highest BCUT2D eigenvalue weighted by atomic mass is 19.1. The van der Waals surface area contributed by atoms with E-state index in [2.05, 4.69) is 0 Å². The summed E-state index contributed by atoms with van der Waals surface area (Å²) in [5, 5.41) is 8.87. The molecule has 1 aromatic carbocycles. The molecule has 0 amide bonds. The number of fused-ring (bicyclic) bond motifs is 1. The average Bonchev–Trinajstić information content (AvgIpc) is 2.90. The summed E-state index contributed by atoms with van der Waals surface area (Å²) in [6, 6.07) is -0.638. The van der Waals surface area contributed by atoms with Gasteiger partial charge in [0, 0.05) is 25.3 Å². The molecule has 2 aromatic rings. The Morgan fingerprint density at radius 1 is 1.29 bits per heavy atom. The second-order valence-corrected chi connectivity index (χ2v) is 7.44. The van der Waals surface area contributed by atoms with Crippen LogP contribution in [0.4, 0.5) is 20.2 Å². The molecule has 0 radical (unpaired) electrons. The van der Waals surface area contributed by atoms with E-state index in [-0.39, 0.29) is 49.0 Å². The summed E-state index contributed by atoms with van der Waals surface area (Å²) >= 11 is 0. The highest BCUT2D eigenvalue weighted by Gasteiger charge is 2.35. The van der Waals surface area contributed by atoms with Crippen molar-refractivity contribution in [2.75, 3.05) is 36.9 Å². The maximum Gasteiger partial charge on any atom is 0.341 e. The van der Waals surface area contributed by atoms with Crippen molar-refractivity contribution in [3.8, 4) is 0 Å². The summed E-state index contributed by atoms with van der Waals surface area (Å²) in [5.74, 6) is -3.51. The number of aromatic nitrogens is 1. The van der Waals surface area contributed by atoms with Crippen LogP contribution in [0.1, 0.15) is 23.3 Å². The highest BCUT2D eigenvalue weighted by molar-refractivity contribution is 5.99. The molecular formula is C18H20F2N4O4. The number of rotatable bonds is 3. The van der Waals surface area contributed by atoms with E-state index in [9.17, 15) is 14.7 Å². The number of benzene rings is 1. The lowest BCUT2D eigenvalue weighted by Gasteiger charge is -2.31. The van der Waals surface area contributed by atoms with Gasteiger partial charge in [0.25, 0.3) is 0 Å². The lowest BCUT2D eigenvalue weighted by atomic mass is 10.0. The van der Waals surface area contributed by atoms with Gasteiger partial charge < -0.3 is 30.8 Å². The molecule has 0 aliphatic carbocycles. The SMILES string of the molecule is C[C@H]1CN(c2c(F)c(N)c3c(=O)c(C(=O)O)cn(C4COC4)c3c2F)C[C@H]1N. The first kappa shape index (κ1) is 18.6. The fourth-order valence-corrected chi connectivity index (χ4v) is 3.83. The number of carbonyl (C=O) groups is 1. The van der Waals surface area contributed by atoms with Gasteiger partial charge in [0.05, 0.1) is 35.8 Å². The molecular weight excluding hydrogens is 374 g/mol. The van der Waals surface area contributed by atoms with Crippen molar-refractivity contribution in [1.29, 1.82) is 0 Å². The van der Waals surface area contributed by atoms with E-state index in [0.717, 1.165) is 6.20 Å². The van der Waals surface area contributed by atoms with Crippen LogP contribution in [0, 0.1) is 17.6 Å². The van der Waals surface area contributed by atoms with Gasteiger partial charge in [-0.25, -0.2) is 13.6 Å². The fourth-order valence-electron chi connectivity index (χ4n) is 3.83. The molecule has 2 fully saturated rings. The number of aromatic carboxylic acids is 1. The summed E-state index contributed by atoms with van der Waals surface area (Å²) in [6.45, 7) is 2.89. The maximum absolute atomic E-state index is 15.6. The average molecular weight is 394 g/mol. The van der Waals surface area contributed by atoms with Crippen LogP contribution in [0.25, 0.3) is 10.9 Å². The van der Waals surface area contributed by atoms with Crippen molar-refractivity contribution in [3.63, 3.8) is 0 Å². The Hall–Kier alpha value is -2.72. The van der Waals surface area contributed by atoms with Crippen LogP contribution in [0.3, 0.4) is 0 Å². The zero-order valence-corrected chi connectivity index (χ0v) is 15.1. The molecule has 0 bridgehead atoms.